The van der Waals surface area contributed by atoms with Crippen LogP contribution in [0.15, 0.2) is 12.7 Å². The molecule has 0 aromatic heterocycles. The number of aliphatic carboxylic acids is 1. The second-order valence-electron chi connectivity index (χ2n) is 3.58. The van der Waals surface area contributed by atoms with E-state index < -0.39 is 17.8 Å². The van der Waals surface area contributed by atoms with Crippen LogP contribution in [0, 0.1) is 11.8 Å². The number of aliphatic hydroxyl groups excluding tert-OH is 1. The van der Waals surface area contributed by atoms with Crippen molar-refractivity contribution >= 4 is 11.9 Å². The van der Waals surface area contributed by atoms with Gasteiger partial charge in [0.05, 0.1) is 18.4 Å². The zero-order valence-corrected chi connectivity index (χ0v) is 8.43. The van der Waals surface area contributed by atoms with E-state index >= 15 is 0 Å². The Hall–Kier alpha value is -1.36. The lowest BCUT2D eigenvalue weighted by Crippen LogP contribution is -2.35. The summed E-state index contributed by atoms with van der Waals surface area (Å²) in [7, 11) is 0. The molecule has 5 nitrogen and oxygen atoms in total. The van der Waals surface area contributed by atoms with E-state index in [1.54, 1.807) is 6.08 Å². The second kappa shape index (κ2) is 4.93. The van der Waals surface area contributed by atoms with Crippen molar-refractivity contribution in [2.24, 2.45) is 11.8 Å². The molecule has 5 heteroatoms. The van der Waals surface area contributed by atoms with Gasteiger partial charge in [0.25, 0.3) is 0 Å². The van der Waals surface area contributed by atoms with Gasteiger partial charge in [0, 0.05) is 13.1 Å². The van der Waals surface area contributed by atoms with Crippen LogP contribution in [0.1, 0.15) is 6.42 Å². The van der Waals surface area contributed by atoms with Gasteiger partial charge in [-0.1, -0.05) is 6.08 Å². The first-order valence-corrected chi connectivity index (χ1v) is 4.85. The molecular weight excluding hydrogens is 198 g/mol. The monoisotopic (exact) mass is 213 g/mol. The molecule has 1 rings (SSSR count). The molecule has 0 radical (unpaired) electrons. The minimum atomic E-state index is -0.920. The Kier molecular flexibility index (Phi) is 3.85. The molecule has 84 valence electrons. The number of aliphatic hydroxyl groups is 1. The summed E-state index contributed by atoms with van der Waals surface area (Å²) < 4.78 is 0. The molecule has 2 atom stereocenters. The van der Waals surface area contributed by atoms with Crippen molar-refractivity contribution in [3.05, 3.63) is 12.7 Å². The van der Waals surface area contributed by atoms with E-state index in [1.807, 2.05) is 0 Å². The van der Waals surface area contributed by atoms with Crippen molar-refractivity contribution < 1.29 is 19.8 Å². The Morgan fingerprint density at radius 3 is 2.53 bits per heavy atom. The third-order valence-electron chi connectivity index (χ3n) is 2.46. The second-order valence-corrected chi connectivity index (χ2v) is 3.58. The highest BCUT2D eigenvalue weighted by atomic mass is 16.4. The van der Waals surface area contributed by atoms with Crippen LogP contribution in [-0.2, 0) is 9.59 Å². The van der Waals surface area contributed by atoms with Gasteiger partial charge in [-0.3, -0.25) is 9.59 Å². The molecule has 1 amide bonds. The van der Waals surface area contributed by atoms with Crippen LogP contribution in [0.5, 0.6) is 0 Å². The lowest BCUT2D eigenvalue weighted by molar-refractivity contribution is -0.141. The Labute approximate surface area is 88.0 Å². The summed E-state index contributed by atoms with van der Waals surface area (Å²) >= 11 is 0. The molecule has 0 bridgehead atoms. The summed E-state index contributed by atoms with van der Waals surface area (Å²) in [5, 5.41) is 17.4. The third-order valence-corrected chi connectivity index (χ3v) is 2.46. The highest BCUT2D eigenvalue weighted by Crippen LogP contribution is 2.39. The number of carboxylic acids is 1. The van der Waals surface area contributed by atoms with Crippen LogP contribution >= 0.6 is 0 Å². The van der Waals surface area contributed by atoms with Crippen molar-refractivity contribution in [2.75, 3.05) is 19.7 Å². The number of amides is 1. The molecule has 2 N–H and O–H groups in total. The van der Waals surface area contributed by atoms with E-state index in [2.05, 4.69) is 6.58 Å². The van der Waals surface area contributed by atoms with Crippen LogP contribution in [0.25, 0.3) is 0 Å². The van der Waals surface area contributed by atoms with Gasteiger partial charge in [-0.2, -0.15) is 0 Å². The fraction of sp³-hybridized carbons (Fsp3) is 0.600. The van der Waals surface area contributed by atoms with E-state index in [0.717, 1.165) is 0 Å². The number of rotatable bonds is 6. The van der Waals surface area contributed by atoms with Gasteiger partial charge in [-0.05, 0) is 6.42 Å². The zero-order chi connectivity index (χ0) is 11.4. The summed E-state index contributed by atoms with van der Waals surface area (Å²) in [5.74, 6) is -2.07. The average Bonchev–Trinajstić information content (AvgIpc) is 2.96. The topological polar surface area (TPSA) is 77.8 Å². The number of carbonyl (C=O) groups is 2. The Morgan fingerprint density at radius 2 is 2.13 bits per heavy atom. The SMILES string of the molecule is C=CCN(CCO)C(=O)C1CC1C(=O)O. The van der Waals surface area contributed by atoms with E-state index in [9.17, 15) is 9.59 Å². The first-order valence-electron chi connectivity index (χ1n) is 4.85. The maximum absolute atomic E-state index is 11.7. The van der Waals surface area contributed by atoms with E-state index in [-0.39, 0.29) is 19.1 Å². The van der Waals surface area contributed by atoms with Crippen LogP contribution in [0.3, 0.4) is 0 Å². The van der Waals surface area contributed by atoms with Crippen molar-refractivity contribution in [3.8, 4) is 0 Å². The molecule has 1 saturated carbocycles. The summed E-state index contributed by atoms with van der Waals surface area (Å²) in [6, 6.07) is 0. The van der Waals surface area contributed by atoms with Crippen LogP contribution in [0.4, 0.5) is 0 Å². The van der Waals surface area contributed by atoms with Gasteiger partial charge < -0.3 is 15.1 Å². The molecule has 0 aromatic rings. The van der Waals surface area contributed by atoms with E-state index in [4.69, 9.17) is 10.2 Å². The molecule has 0 aliphatic heterocycles. The minimum absolute atomic E-state index is 0.121. The van der Waals surface area contributed by atoms with Crippen molar-refractivity contribution in [1.29, 1.82) is 0 Å². The lowest BCUT2D eigenvalue weighted by Gasteiger charge is -2.19. The normalized spacial score (nSPS) is 23.3. The van der Waals surface area contributed by atoms with E-state index in [0.29, 0.717) is 13.0 Å². The summed E-state index contributed by atoms with van der Waals surface area (Å²) in [4.78, 5) is 23.7. The number of carbonyl (C=O) groups excluding carboxylic acids is 1. The summed E-state index contributed by atoms with van der Waals surface area (Å²) in [6.07, 6.45) is 1.97. The molecule has 0 saturated heterocycles. The molecule has 0 heterocycles. The van der Waals surface area contributed by atoms with Crippen molar-refractivity contribution in [1.82, 2.24) is 4.90 Å². The zero-order valence-electron chi connectivity index (χ0n) is 8.43. The van der Waals surface area contributed by atoms with Gasteiger partial charge >= 0.3 is 5.97 Å². The maximum Gasteiger partial charge on any atom is 0.307 e. The summed E-state index contributed by atoms with van der Waals surface area (Å²) in [6.45, 7) is 3.97. The minimum Gasteiger partial charge on any atom is -0.481 e. The van der Waals surface area contributed by atoms with Crippen LogP contribution in [0.2, 0.25) is 0 Å². The number of hydrogen-bond donors (Lipinski definition) is 2. The third kappa shape index (κ3) is 2.79. The van der Waals surface area contributed by atoms with E-state index in [1.165, 1.54) is 4.90 Å². The predicted molar refractivity (Wildman–Crippen MR) is 53.1 cm³/mol. The molecule has 2 unspecified atom stereocenters. The quantitative estimate of drug-likeness (QED) is 0.594. The number of nitrogens with zero attached hydrogens (tertiary/aromatic N) is 1. The highest BCUT2D eigenvalue weighted by Gasteiger charge is 2.49. The van der Waals surface area contributed by atoms with Crippen molar-refractivity contribution in [3.63, 3.8) is 0 Å². The largest absolute Gasteiger partial charge is 0.481 e. The Bertz CT molecular complexity index is 277. The fourth-order valence-corrected chi connectivity index (χ4v) is 1.54. The molecule has 0 aromatic carbocycles. The average molecular weight is 213 g/mol. The molecule has 1 fully saturated rings. The molecule has 1 aliphatic rings. The molecule has 15 heavy (non-hydrogen) atoms. The van der Waals surface area contributed by atoms with Gasteiger partial charge in [-0.15, -0.1) is 6.58 Å². The Morgan fingerprint density at radius 1 is 1.47 bits per heavy atom. The van der Waals surface area contributed by atoms with Crippen LogP contribution in [-0.4, -0.2) is 46.7 Å². The first-order chi connectivity index (χ1) is 7.11. The standard InChI is InChI=1S/C10H15NO4/c1-2-3-11(4-5-12)9(13)7-6-8(7)10(14)15/h2,7-8,12H,1,3-6H2,(H,14,15). The van der Waals surface area contributed by atoms with Crippen LogP contribution < -0.4 is 0 Å². The predicted octanol–water partition coefficient (Wildman–Crippen LogP) is -0.286. The van der Waals surface area contributed by atoms with Gasteiger partial charge in [0.2, 0.25) is 5.91 Å². The fourth-order valence-electron chi connectivity index (χ4n) is 1.54. The molecule has 0 spiro atoms. The smallest absolute Gasteiger partial charge is 0.307 e. The Balaban J connectivity index is 2.50. The van der Waals surface area contributed by atoms with Gasteiger partial charge in [0.15, 0.2) is 0 Å². The first kappa shape index (κ1) is 11.7. The molecule has 1 aliphatic carbocycles. The highest BCUT2D eigenvalue weighted by molar-refractivity contribution is 5.89. The number of hydrogen-bond acceptors (Lipinski definition) is 3. The maximum atomic E-state index is 11.7. The van der Waals surface area contributed by atoms with Crippen molar-refractivity contribution in [2.45, 2.75) is 6.42 Å². The summed E-state index contributed by atoms with van der Waals surface area (Å²) in [5.41, 5.74) is 0. The van der Waals surface area contributed by atoms with Gasteiger partial charge in [-0.25, -0.2) is 0 Å². The van der Waals surface area contributed by atoms with Gasteiger partial charge in [0.1, 0.15) is 0 Å². The molecular formula is C10H15NO4. The number of carboxylic acid groups (broad SMARTS) is 1. The lowest BCUT2D eigenvalue weighted by atomic mass is 10.2.